The predicted molar refractivity (Wildman–Crippen MR) is 191 cm³/mol. The lowest BCUT2D eigenvalue weighted by molar-refractivity contribution is -0.138. The van der Waals surface area contributed by atoms with Crippen LogP contribution >= 0.6 is 0 Å². The van der Waals surface area contributed by atoms with E-state index in [9.17, 15) is 19.2 Å². The Balaban J connectivity index is 1.16. The second-order valence-electron chi connectivity index (χ2n) is 14.9. The summed E-state index contributed by atoms with van der Waals surface area (Å²) in [6, 6.07) is 26.9. The van der Waals surface area contributed by atoms with Gasteiger partial charge in [-0.05, 0) is 95.4 Å². The van der Waals surface area contributed by atoms with Crippen molar-refractivity contribution in [2.45, 2.75) is 76.0 Å². The molecule has 8 rings (SSSR count). The average Bonchev–Trinajstić information content (AvgIpc) is 3.10. The molecule has 0 aromatic heterocycles. The van der Waals surface area contributed by atoms with Crippen molar-refractivity contribution in [3.05, 3.63) is 96.1 Å². The summed E-state index contributed by atoms with van der Waals surface area (Å²) in [7, 11) is 0. The topological polar surface area (TPSA) is 134 Å². The number of hydrogen-bond acceptors (Lipinski definition) is 5. The van der Waals surface area contributed by atoms with E-state index < -0.39 is 35.5 Å². The number of carboxylic acid groups (broad SMARTS) is 1. The van der Waals surface area contributed by atoms with Gasteiger partial charge in [-0.15, -0.1) is 0 Å². The number of carbonyl (C=O) groups excluding carboxylic acids is 3. The van der Waals surface area contributed by atoms with E-state index in [1.165, 1.54) is 6.42 Å². The van der Waals surface area contributed by atoms with Crippen molar-refractivity contribution in [1.29, 1.82) is 0 Å². The highest BCUT2D eigenvalue weighted by Gasteiger charge is 2.50. The highest BCUT2D eigenvalue weighted by atomic mass is 16.6. The van der Waals surface area contributed by atoms with Gasteiger partial charge in [-0.3, -0.25) is 14.4 Å². The fraction of sp³-hybridized carbons (Fsp3) is 0.415. The molecule has 4 bridgehead atoms. The molecule has 4 aliphatic carbocycles. The lowest BCUT2D eigenvalue weighted by Gasteiger charge is -2.53. The second-order valence-corrected chi connectivity index (χ2v) is 14.9. The summed E-state index contributed by atoms with van der Waals surface area (Å²) in [5.41, 5.74) is 0.254. The number of benzene rings is 4. The third-order valence-corrected chi connectivity index (χ3v) is 11.2. The van der Waals surface area contributed by atoms with E-state index >= 15 is 0 Å². The van der Waals surface area contributed by atoms with Crippen molar-refractivity contribution in [1.82, 2.24) is 16.0 Å². The number of amides is 3. The van der Waals surface area contributed by atoms with Crippen molar-refractivity contribution in [2.24, 2.45) is 23.7 Å². The molecule has 4 aliphatic rings. The number of ether oxygens (including phenoxy) is 1. The fourth-order valence-electron chi connectivity index (χ4n) is 9.10. The van der Waals surface area contributed by atoms with Crippen LogP contribution in [0.15, 0.2) is 84.9 Å². The van der Waals surface area contributed by atoms with E-state index in [2.05, 4.69) is 34.1 Å². The highest BCUT2D eigenvalue weighted by molar-refractivity contribution is 6.09. The predicted octanol–water partition coefficient (Wildman–Crippen LogP) is 6.68. The molecule has 0 saturated heterocycles. The number of hydrogen-bond donors (Lipinski definition) is 4. The van der Waals surface area contributed by atoms with Crippen molar-refractivity contribution in [2.75, 3.05) is 6.54 Å². The summed E-state index contributed by atoms with van der Waals surface area (Å²) in [5, 5.41) is 22.2. The third kappa shape index (κ3) is 7.18. The van der Waals surface area contributed by atoms with Gasteiger partial charge in [0.1, 0.15) is 11.6 Å². The minimum absolute atomic E-state index is 0.0298. The Morgan fingerprint density at radius 1 is 0.800 bits per heavy atom. The van der Waals surface area contributed by atoms with Crippen molar-refractivity contribution < 1.29 is 29.0 Å². The molecule has 4 N–H and O–H groups in total. The van der Waals surface area contributed by atoms with Gasteiger partial charge in [-0.1, -0.05) is 84.9 Å². The van der Waals surface area contributed by atoms with Gasteiger partial charge < -0.3 is 25.8 Å². The van der Waals surface area contributed by atoms with Crippen LogP contribution in [0.4, 0.5) is 4.79 Å². The Morgan fingerprint density at radius 3 is 2.10 bits per heavy atom. The number of nitrogens with one attached hydrogen (secondary N) is 3. The van der Waals surface area contributed by atoms with Gasteiger partial charge in [0, 0.05) is 19.4 Å². The highest BCUT2D eigenvalue weighted by Crippen LogP contribution is 2.54. The molecule has 4 aromatic carbocycles. The molecular weight excluding hydrogens is 630 g/mol. The molecule has 0 aliphatic heterocycles. The second kappa shape index (κ2) is 14.1. The SMILES string of the molecule is CC(Cc1cc2ccccc2c2ccccc12)(NC(=O)OC1C2CC3CC(C2)CC1C3)C(=O)NC[C@H](NC(=O)CCC(=O)O)c1ccccc1. The molecule has 2 atom stereocenters. The Bertz CT molecular complexity index is 1880. The van der Waals surface area contributed by atoms with Gasteiger partial charge in [-0.25, -0.2) is 4.79 Å². The summed E-state index contributed by atoms with van der Waals surface area (Å²) >= 11 is 0. The summed E-state index contributed by atoms with van der Waals surface area (Å²) in [6.45, 7) is 1.76. The van der Waals surface area contributed by atoms with Gasteiger partial charge in [0.2, 0.25) is 11.8 Å². The number of carboxylic acids is 1. The molecule has 0 radical (unpaired) electrons. The molecule has 4 saturated carbocycles. The maximum Gasteiger partial charge on any atom is 0.408 e. The van der Waals surface area contributed by atoms with Crippen LogP contribution in [0.3, 0.4) is 0 Å². The van der Waals surface area contributed by atoms with Crippen molar-refractivity contribution >= 4 is 45.4 Å². The van der Waals surface area contributed by atoms with Crippen LogP contribution in [0.2, 0.25) is 0 Å². The molecular formula is C41H45N3O6. The van der Waals surface area contributed by atoms with Crippen LogP contribution in [0.5, 0.6) is 0 Å². The van der Waals surface area contributed by atoms with E-state index in [0.717, 1.165) is 70.2 Å². The Kier molecular flexibility index (Phi) is 9.49. The molecule has 4 fully saturated rings. The largest absolute Gasteiger partial charge is 0.481 e. The quantitative estimate of drug-likeness (QED) is 0.124. The number of carbonyl (C=O) groups is 4. The van der Waals surface area contributed by atoms with Gasteiger partial charge in [0.15, 0.2) is 0 Å². The zero-order valence-electron chi connectivity index (χ0n) is 28.4. The molecule has 260 valence electrons. The van der Waals surface area contributed by atoms with Crippen LogP contribution in [-0.4, -0.2) is 47.2 Å². The Morgan fingerprint density at radius 2 is 1.42 bits per heavy atom. The Labute approximate surface area is 292 Å². The van der Waals surface area contributed by atoms with Gasteiger partial charge in [0.25, 0.3) is 0 Å². The molecule has 3 amide bonds. The van der Waals surface area contributed by atoms with Gasteiger partial charge >= 0.3 is 12.1 Å². The summed E-state index contributed by atoms with van der Waals surface area (Å²) in [6.07, 6.45) is 4.69. The Hall–Kier alpha value is -4.92. The minimum Gasteiger partial charge on any atom is -0.481 e. The first-order chi connectivity index (χ1) is 24.1. The number of rotatable bonds is 12. The van der Waals surface area contributed by atoms with E-state index in [-0.39, 0.29) is 31.9 Å². The molecule has 50 heavy (non-hydrogen) atoms. The number of aliphatic carboxylic acids is 1. The normalized spacial score (nSPS) is 23.9. The third-order valence-electron chi connectivity index (χ3n) is 11.2. The maximum absolute atomic E-state index is 14.4. The van der Waals surface area contributed by atoms with Crippen molar-refractivity contribution in [3.63, 3.8) is 0 Å². The smallest absolute Gasteiger partial charge is 0.408 e. The average molecular weight is 676 g/mol. The van der Waals surface area contributed by atoms with Crippen LogP contribution in [0.25, 0.3) is 21.5 Å². The van der Waals surface area contributed by atoms with E-state index in [1.807, 2.05) is 66.7 Å². The monoisotopic (exact) mass is 675 g/mol. The summed E-state index contributed by atoms with van der Waals surface area (Å²) < 4.78 is 6.23. The van der Waals surface area contributed by atoms with Gasteiger partial charge in [0.05, 0.1) is 12.5 Å². The van der Waals surface area contributed by atoms with Crippen LogP contribution in [0.1, 0.15) is 69.0 Å². The van der Waals surface area contributed by atoms with E-state index in [1.54, 1.807) is 6.92 Å². The lowest BCUT2D eigenvalue weighted by atomic mass is 9.55. The van der Waals surface area contributed by atoms with E-state index in [4.69, 9.17) is 9.84 Å². The standard InChI is InChI=1S/C41H45N3O6/c1-41(44-40(49)50-38-29-18-25-17-26(20-29)21-30(38)19-25,23-31-22-28-11-5-6-12-32(28)34-14-8-7-13-33(31)34)39(48)42-24-35(27-9-3-2-4-10-27)43-36(45)15-16-37(46)47/h2-14,22,25-26,29-30,35,38H,15-21,23-24H2,1H3,(H,42,48)(H,43,45)(H,44,49)(H,46,47)/t25?,26?,29?,30?,35-,38?,41?/m0/s1. The zero-order valence-corrected chi connectivity index (χ0v) is 28.4. The van der Waals surface area contributed by atoms with E-state index in [0.29, 0.717) is 11.8 Å². The lowest BCUT2D eigenvalue weighted by Crippen LogP contribution is -2.60. The van der Waals surface area contributed by atoms with Crippen molar-refractivity contribution in [3.8, 4) is 0 Å². The summed E-state index contributed by atoms with van der Waals surface area (Å²) in [4.78, 5) is 52.1. The minimum atomic E-state index is -1.41. The summed E-state index contributed by atoms with van der Waals surface area (Å²) in [5.74, 6) is 0.305. The molecule has 9 heteroatoms. The maximum atomic E-state index is 14.4. The molecule has 0 heterocycles. The van der Waals surface area contributed by atoms with Gasteiger partial charge in [-0.2, -0.15) is 0 Å². The first-order valence-corrected chi connectivity index (χ1v) is 17.9. The number of alkyl carbamates (subject to hydrolysis) is 1. The van der Waals surface area contributed by atoms with Crippen LogP contribution in [0, 0.1) is 23.7 Å². The molecule has 1 unspecified atom stereocenters. The number of fused-ring (bicyclic) bond motifs is 3. The zero-order chi connectivity index (χ0) is 34.8. The van der Waals surface area contributed by atoms with Crippen LogP contribution < -0.4 is 16.0 Å². The molecule has 4 aromatic rings. The van der Waals surface area contributed by atoms with Crippen LogP contribution in [-0.2, 0) is 25.5 Å². The fourth-order valence-corrected chi connectivity index (χ4v) is 9.10. The molecule has 9 nitrogen and oxygen atoms in total. The first-order valence-electron chi connectivity index (χ1n) is 17.9. The molecule has 0 spiro atoms. The first kappa shape index (κ1) is 33.6.